The molecule has 4 nitrogen and oxygen atoms in total. The normalized spacial score (nSPS) is 17.5. The molecule has 124 valence electrons. The molecule has 1 unspecified atom stereocenters. The number of carbonyl (C=O) groups excluding carboxylic acids is 1. The van der Waals surface area contributed by atoms with Crippen LogP contribution in [0.15, 0.2) is 28.7 Å². The summed E-state index contributed by atoms with van der Waals surface area (Å²) >= 11 is 3.40. The predicted molar refractivity (Wildman–Crippen MR) is 94.7 cm³/mol. The molecule has 1 aromatic rings. The van der Waals surface area contributed by atoms with Crippen LogP contribution in [0.3, 0.4) is 0 Å². The van der Waals surface area contributed by atoms with E-state index in [9.17, 15) is 4.79 Å². The molecular weight excluding hydrogens is 368 g/mol. The highest BCUT2D eigenvalue weighted by Crippen LogP contribution is 2.16. The van der Waals surface area contributed by atoms with E-state index < -0.39 is 0 Å². The number of rotatable bonds is 6. The quantitative estimate of drug-likeness (QED) is 0.810. The molecule has 0 radical (unpaired) electrons. The minimum absolute atomic E-state index is 0. The van der Waals surface area contributed by atoms with Crippen LogP contribution in [0.1, 0.15) is 19.8 Å². The summed E-state index contributed by atoms with van der Waals surface area (Å²) in [6.07, 6.45) is 2.08. The second-order valence-electron chi connectivity index (χ2n) is 5.26. The molecule has 1 aromatic carbocycles. The summed E-state index contributed by atoms with van der Waals surface area (Å²) in [6.45, 7) is 5.77. The van der Waals surface area contributed by atoms with Gasteiger partial charge in [-0.25, -0.2) is 0 Å². The van der Waals surface area contributed by atoms with E-state index in [4.69, 9.17) is 4.74 Å². The van der Waals surface area contributed by atoms with Gasteiger partial charge in [-0.3, -0.25) is 4.79 Å². The van der Waals surface area contributed by atoms with E-state index in [1.54, 1.807) is 0 Å². The monoisotopic (exact) mass is 390 g/mol. The van der Waals surface area contributed by atoms with Gasteiger partial charge in [0.15, 0.2) is 0 Å². The zero-order valence-corrected chi connectivity index (χ0v) is 15.3. The number of benzene rings is 1. The molecule has 1 N–H and O–H groups in total. The smallest absolute Gasteiger partial charge is 0.227 e. The third-order valence-corrected chi connectivity index (χ3v) is 4.31. The largest absolute Gasteiger partial charge is 0.492 e. The summed E-state index contributed by atoms with van der Waals surface area (Å²) in [5.41, 5.74) is 0. The molecule has 0 bridgehead atoms. The van der Waals surface area contributed by atoms with Gasteiger partial charge in [-0.2, -0.15) is 0 Å². The number of nitrogens with zero attached hydrogens (tertiary/aromatic N) is 1. The molecule has 1 heterocycles. The Morgan fingerprint density at radius 3 is 2.73 bits per heavy atom. The Bertz CT molecular complexity index is 450. The molecule has 2 rings (SSSR count). The third-order valence-electron chi connectivity index (χ3n) is 3.78. The summed E-state index contributed by atoms with van der Waals surface area (Å²) in [5.74, 6) is 1.22. The van der Waals surface area contributed by atoms with Crippen molar-refractivity contribution in [3.05, 3.63) is 28.7 Å². The molecule has 1 fully saturated rings. The first-order chi connectivity index (χ1) is 10.2. The average molecular weight is 392 g/mol. The van der Waals surface area contributed by atoms with Gasteiger partial charge in [0.2, 0.25) is 5.91 Å². The fraction of sp³-hybridized carbons (Fsp3) is 0.562. The van der Waals surface area contributed by atoms with E-state index in [1.165, 1.54) is 0 Å². The number of piperidine rings is 1. The molecule has 1 aliphatic heterocycles. The van der Waals surface area contributed by atoms with Crippen molar-refractivity contribution in [2.45, 2.75) is 19.8 Å². The summed E-state index contributed by atoms with van der Waals surface area (Å²) < 4.78 is 6.73. The van der Waals surface area contributed by atoms with Crippen LogP contribution in [-0.2, 0) is 4.79 Å². The number of hydrogen-bond donors (Lipinski definition) is 1. The van der Waals surface area contributed by atoms with Crippen LogP contribution < -0.4 is 10.1 Å². The second kappa shape index (κ2) is 10.1. The van der Waals surface area contributed by atoms with Gasteiger partial charge in [-0.15, -0.1) is 12.4 Å². The molecule has 0 spiro atoms. The SMILES string of the molecule is CCN(CCOc1ccc(Br)cc1)C(=O)C1CCCNC1.Cl. The maximum Gasteiger partial charge on any atom is 0.227 e. The fourth-order valence-corrected chi connectivity index (χ4v) is 2.81. The lowest BCUT2D eigenvalue weighted by Crippen LogP contribution is -2.44. The summed E-state index contributed by atoms with van der Waals surface area (Å²) in [4.78, 5) is 14.3. The molecule has 6 heteroatoms. The fourth-order valence-electron chi connectivity index (χ4n) is 2.55. The highest BCUT2D eigenvalue weighted by atomic mass is 79.9. The lowest BCUT2D eigenvalue weighted by atomic mass is 9.98. The van der Waals surface area contributed by atoms with Crippen LogP contribution in [0.25, 0.3) is 0 Å². The zero-order chi connectivity index (χ0) is 15.1. The number of likely N-dealkylation sites (N-methyl/N-ethyl adjacent to an activating group) is 1. The van der Waals surface area contributed by atoms with Gasteiger partial charge in [-0.05, 0) is 50.6 Å². The zero-order valence-electron chi connectivity index (χ0n) is 12.9. The molecule has 22 heavy (non-hydrogen) atoms. The van der Waals surface area contributed by atoms with Crippen molar-refractivity contribution in [3.63, 3.8) is 0 Å². The van der Waals surface area contributed by atoms with Crippen LogP contribution in [-0.4, -0.2) is 43.6 Å². The first-order valence-corrected chi connectivity index (χ1v) is 8.38. The van der Waals surface area contributed by atoms with Crippen LogP contribution >= 0.6 is 28.3 Å². The Morgan fingerprint density at radius 2 is 2.14 bits per heavy atom. The van der Waals surface area contributed by atoms with Gasteiger partial charge in [-0.1, -0.05) is 15.9 Å². The standard InChI is InChI=1S/C16H23BrN2O2.ClH/c1-2-19(16(20)13-4-3-9-18-12-13)10-11-21-15-7-5-14(17)6-8-15;/h5-8,13,18H,2-4,9-12H2,1H3;1H. The lowest BCUT2D eigenvalue weighted by molar-refractivity contribution is -0.136. The third kappa shape index (κ3) is 5.78. The van der Waals surface area contributed by atoms with Gasteiger partial charge in [0.05, 0.1) is 12.5 Å². The molecule has 1 atom stereocenters. The highest BCUT2D eigenvalue weighted by Gasteiger charge is 2.24. The number of ether oxygens (including phenoxy) is 1. The molecule has 0 saturated carbocycles. The van der Waals surface area contributed by atoms with Gasteiger partial charge in [0, 0.05) is 17.6 Å². The van der Waals surface area contributed by atoms with E-state index in [2.05, 4.69) is 21.2 Å². The number of carbonyl (C=O) groups is 1. The number of halogens is 2. The molecule has 0 aliphatic carbocycles. The average Bonchev–Trinajstić information content (AvgIpc) is 2.53. The first kappa shape index (κ1) is 19.3. The molecule has 1 aliphatic rings. The van der Waals surface area contributed by atoms with Gasteiger partial charge in [0.25, 0.3) is 0 Å². The molecular formula is C16H24BrClN2O2. The van der Waals surface area contributed by atoms with Crippen molar-refractivity contribution < 1.29 is 9.53 Å². The maximum absolute atomic E-state index is 12.4. The van der Waals surface area contributed by atoms with Crippen LogP contribution in [0.4, 0.5) is 0 Å². The van der Waals surface area contributed by atoms with Gasteiger partial charge < -0.3 is 15.0 Å². The summed E-state index contributed by atoms with van der Waals surface area (Å²) in [7, 11) is 0. The van der Waals surface area contributed by atoms with E-state index >= 15 is 0 Å². The minimum Gasteiger partial charge on any atom is -0.492 e. The van der Waals surface area contributed by atoms with Crippen molar-refractivity contribution in [2.75, 3.05) is 32.8 Å². The summed E-state index contributed by atoms with van der Waals surface area (Å²) in [5, 5.41) is 3.30. The van der Waals surface area contributed by atoms with E-state index in [1.807, 2.05) is 36.1 Å². The Balaban J connectivity index is 0.00000242. The van der Waals surface area contributed by atoms with Crippen molar-refractivity contribution >= 4 is 34.2 Å². The van der Waals surface area contributed by atoms with Crippen LogP contribution in [0, 0.1) is 5.92 Å². The Labute approximate surface area is 147 Å². The van der Waals surface area contributed by atoms with Crippen molar-refractivity contribution in [1.29, 1.82) is 0 Å². The lowest BCUT2D eigenvalue weighted by Gasteiger charge is -2.28. The molecule has 0 aromatic heterocycles. The highest BCUT2D eigenvalue weighted by molar-refractivity contribution is 9.10. The van der Waals surface area contributed by atoms with Gasteiger partial charge in [0.1, 0.15) is 12.4 Å². The molecule has 1 saturated heterocycles. The first-order valence-electron chi connectivity index (χ1n) is 7.58. The maximum atomic E-state index is 12.4. The van der Waals surface area contributed by atoms with Crippen molar-refractivity contribution in [1.82, 2.24) is 10.2 Å². The summed E-state index contributed by atoms with van der Waals surface area (Å²) in [6, 6.07) is 7.75. The predicted octanol–water partition coefficient (Wildman–Crippen LogP) is 3.10. The molecule has 1 amide bonds. The number of amides is 1. The van der Waals surface area contributed by atoms with Crippen molar-refractivity contribution in [2.24, 2.45) is 5.92 Å². The Hall–Kier alpha value is -0.780. The van der Waals surface area contributed by atoms with E-state index in [-0.39, 0.29) is 24.2 Å². The Kier molecular flexibility index (Phi) is 8.83. The van der Waals surface area contributed by atoms with E-state index in [0.717, 1.165) is 42.7 Å². The van der Waals surface area contributed by atoms with Crippen molar-refractivity contribution in [3.8, 4) is 5.75 Å². The van der Waals surface area contributed by atoms with Gasteiger partial charge >= 0.3 is 0 Å². The minimum atomic E-state index is 0. The Morgan fingerprint density at radius 1 is 1.41 bits per heavy atom. The topological polar surface area (TPSA) is 41.6 Å². The number of nitrogens with one attached hydrogen (secondary N) is 1. The van der Waals surface area contributed by atoms with Crippen LogP contribution in [0.5, 0.6) is 5.75 Å². The van der Waals surface area contributed by atoms with Crippen LogP contribution in [0.2, 0.25) is 0 Å². The van der Waals surface area contributed by atoms with E-state index in [0.29, 0.717) is 13.2 Å². The number of hydrogen-bond acceptors (Lipinski definition) is 3. The second-order valence-corrected chi connectivity index (χ2v) is 6.18.